The largest absolute Gasteiger partial charge is 0.480 e. The van der Waals surface area contributed by atoms with Gasteiger partial charge in [-0.1, -0.05) is 17.7 Å². The summed E-state index contributed by atoms with van der Waals surface area (Å²) in [6, 6.07) is 4.15. The minimum absolute atomic E-state index is 0.412. The van der Waals surface area contributed by atoms with Gasteiger partial charge in [0.15, 0.2) is 0 Å². The van der Waals surface area contributed by atoms with Crippen molar-refractivity contribution >= 4 is 29.3 Å². The van der Waals surface area contributed by atoms with Crippen LogP contribution in [0.4, 0.5) is 10.5 Å². The van der Waals surface area contributed by atoms with Gasteiger partial charge in [0.05, 0.1) is 10.7 Å². The molecule has 0 aliphatic carbocycles. The van der Waals surface area contributed by atoms with E-state index in [1.807, 2.05) is 13.0 Å². The lowest BCUT2D eigenvalue weighted by atomic mass is 10.0. The van der Waals surface area contributed by atoms with Gasteiger partial charge in [0.2, 0.25) is 0 Å². The van der Waals surface area contributed by atoms with Crippen LogP contribution in [-0.4, -0.2) is 34.6 Å². The van der Waals surface area contributed by atoms with Crippen molar-refractivity contribution < 1.29 is 14.7 Å². The van der Waals surface area contributed by atoms with E-state index >= 15 is 0 Å². The molecule has 2 rings (SSSR count). The Bertz CT molecular complexity index is 533. The van der Waals surface area contributed by atoms with E-state index in [1.165, 1.54) is 4.90 Å². The Balaban J connectivity index is 2.14. The third-order valence-electron chi connectivity index (χ3n) is 3.41. The van der Waals surface area contributed by atoms with Crippen LogP contribution in [-0.2, 0) is 4.79 Å². The van der Waals surface area contributed by atoms with Crippen molar-refractivity contribution in [1.82, 2.24) is 4.90 Å². The number of hydrogen-bond acceptors (Lipinski definition) is 2. The second-order valence-electron chi connectivity index (χ2n) is 4.96. The molecule has 1 unspecified atom stereocenters. The minimum Gasteiger partial charge on any atom is -0.480 e. The van der Waals surface area contributed by atoms with Gasteiger partial charge in [-0.15, -0.1) is 0 Å². The first kappa shape index (κ1) is 14.7. The summed E-state index contributed by atoms with van der Waals surface area (Å²) in [5.74, 6) is -0.963. The molecule has 2 amide bonds. The molecule has 1 atom stereocenters. The fraction of sp³-hybridized carbons (Fsp3) is 0.429. The summed E-state index contributed by atoms with van der Waals surface area (Å²) >= 11 is 6.03. The molecular formula is C14H17ClN2O3. The molecule has 1 fully saturated rings. The number of halogens is 1. The molecule has 1 aromatic rings. The molecule has 5 nitrogen and oxygen atoms in total. The zero-order valence-electron chi connectivity index (χ0n) is 11.2. The lowest BCUT2D eigenvalue weighted by Crippen LogP contribution is -2.49. The molecule has 1 heterocycles. The summed E-state index contributed by atoms with van der Waals surface area (Å²) in [7, 11) is 0. The molecule has 108 valence electrons. The van der Waals surface area contributed by atoms with Crippen LogP contribution in [0.1, 0.15) is 24.8 Å². The maximum atomic E-state index is 12.2. The van der Waals surface area contributed by atoms with E-state index in [0.717, 1.165) is 18.4 Å². The highest BCUT2D eigenvalue weighted by molar-refractivity contribution is 6.33. The zero-order valence-corrected chi connectivity index (χ0v) is 12.0. The molecule has 1 aliphatic heterocycles. The molecule has 1 aliphatic rings. The van der Waals surface area contributed by atoms with Crippen LogP contribution in [0.2, 0.25) is 5.02 Å². The number of carbonyl (C=O) groups excluding carboxylic acids is 1. The van der Waals surface area contributed by atoms with Gasteiger partial charge in [-0.3, -0.25) is 0 Å². The third-order valence-corrected chi connectivity index (χ3v) is 3.74. The van der Waals surface area contributed by atoms with Crippen molar-refractivity contribution in [2.24, 2.45) is 0 Å². The van der Waals surface area contributed by atoms with E-state index in [2.05, 4.69) is 5.32 Å². The van der Waals surface area contributed by atoms with Crippen LogP contribution in [0.25, 0.3) is 0 Å². The number of anilines is 1. The van der Waals surface area contributed by atoms with Crippen molar-refractivity contribution in [2.75, 3.05) is 11.9 Å². The maximum absolute atomic E-state index is 12.2. The number of aliphatic carboxylic acids is 1. The molecular weight excluding hydrogens is 280 g/mol. The van der Waals surface area contributed by atoms with Gasteiger partial charge in [-0.05, 0) is 43.9 Å². The number of benzene rings is 1. The quantitative estimate of drug-likeness (QED) is 0.881. The summed E-state index contributed by atoms with van der Waals surface area (Å²) in [6.45, 7) is 2.35. The number of aryl methyl sites for hydroxylation is 1. The van der Waals surface area contributed by atoms with Crippen molar-refractivity contribution in [3.63, 3.8) is 0 Å². The second kappa shape index (κ2) is 6.13. The summed E-state index contributed by atoms with van der Waals surface area (Å²) in [4.78, 5) is 24.8. The molecule has 6 heteroatoms. The lowest BCUT2D eigenvalue weighted by molar-refractivity contribution is -0.143. The third kappa shape index (κ3) is 3.22. The summed E-state index contributed by atoms with van der Waals surface area (Å²) < 4.78 is 0. The monoisotopic (exact) mass is 296 g/mol. The van der Waals surface area contributed by atoms with Crippen molar-refractivity contribution in [3.8, 4) is 0 Å². The number of hydrogen-bond donors (Lipinski definition) is 2. The van der Waals surface area contributed by atoms with Crippen LogP contribution in [0.5, 0.6) is 0 Å². The number of nitrogens with zero attached hydrogens (tertiary/aromatic N) is 1. The van der Waals surface area contributed by atoms with Gasteiger partial charge in [0.1, 0.15) is 6.04 Å². The molecule has 0 saturated carbocycles. The van der Waals surface area contributed by atoms with E-state index in [0.29, 0.717) is 23.7 Å². The molecule has 1 aromatic carbocycles. The van der Waals surface area contributed by atoms with Crippen LogP contribution < -0.4 is 5.32 Å². The summed E-state index contributed by atoms with van der Waals surface area (Å²) in [6.07, 6.45) is 2.13. The molecule has 0 aromatic heterocycles. The van der Waals surface area contributed by atoms with Gasteiger partial charge in [0.25, 0.3) is 0 Å². The van der Waals surface area contributed by atoms with Crippen molar-refractivity contribution in [3.05, 3.63) is 28.8 Å². The first-order valence-electron chi connectivity index (χ1n) is 6.55. The molecule has 1 saturated heterocycles. The Hall–Kier alpha value is -1.75. The molecule has 20 heavy (non-hydrogen) atoms. The Morgan fingerprint density at radius 3 is 2.85 bits per heavy atom. The Morgan fingerprint density at radius 1 is 1.40 bits per heavy atom. The Labute approximate surface area is 122 Å². The predicted octanol–water partition coefficient (Wildman–Crippen LogP) is 3.12. The van der Waals surface area contributed by atoms with Gasteiger partial charge < -0.3 is 15.3 Å². The topological polar surface area (TPSA) is 69.6 Å². The van der Waals surface area contributed by atoms with E-state index in [4.69, 9.17) is 11.6 Å². The van der Waals surface area contributed by atoms with Crippen LogP contribution in [0, 0.1) is 6.92 Å². The number of likely N-dealkylation sites (tertiary alicyclic amines) is 1. The van der Waals surface area contributed by atoms with Crippen LogP contribution in [0.15, 0.2) is 18.2 Å². The normalized spacial score (nSPS) is 18.7. The predicted molar refractivity (Wildman–Crippen MR) is 77.2 cm³/mol. The number of amides is 2. The van der Waals surface area contributed by atoms with E-state index in [9.17, 15) is 14.7 Å². The number of urea groups is 1. The Morgan fingerprint density at radius 2 is 2.15 bits per heavy atom. The Kier molecular flexibility index (Phi) is 4.49. The maximum Gasteiger partial charge on any atom is 0.326 e. The summed E-state index contributed by atoms with van der Waals surface area (Å²) in [5, 5.41) is 12.3. The first-order chi connectivity index (χ1) is 9.49. The average Bonchev–Trinajstić information content (AvgIpc) is 2.42. The highest BCUT2D eigenvalue weighted by atomic mass is 35.5. The minimum atomic E-state index is -0.963. The molecule has 0 spiro atoms. The van der Waals surface area contributed by atoms with Gasteiger partial charge >= 0.3 is 12.0 Å². The number of piperidine rings is 1. The number of rotatable bonds is 2. The van der Waals surface area contributed by atoms with Gasteiger partial charge in [-0.2, -0.15) is 0 Å². The zero-order chi connectivity index (χ0) is 14.7. The lowest BCUT2D eigenvalue weighted by Gasteiger charge is -2.33. The van der Waals surface area contributed by atoms with Crippen molar-refractivity contribution in [2.45, 2.75) is 32.2 Å². The SMILES string of the molecule is Cc1ccc(Cl)c(NC(=O)N2CCCCC2C(=O)O)c1. The number of carboxylic acids is 1. The smallest absolute Gasteiger partial charge is 0.326 e. The number of nitrogens with one attached hydrogen (secondary N) is 1. The van der Waals surface area contributed by atoms with Crippen LogP contribution >= 0.6 is 11.6 Å². The van der Waals surface area contributed by atoms with E-state index in [-0.39, 0.29) is 0 Å². The second-order valence-corrected chi connectivity index (χ2v) is 5.36. The van der Waals surface area contributed by atoms with E-state index < -0.39 is 18.0 Å². The summed E-state index contributed by atoms with van der Waals surface area (Å²) in [5.41, 5.74) is 1.48. The number of carbonyl (C=O) groups is 2. The highest BCUT2D eigenvalue weighted by Gasteiger charge is 2.32. The molecule has 0 radical (unpaired) electrons. The fourth-order valence-corrected chi connectivity index (χ4v) is 2.52. The molecule has 2 N–H and O–H groups in total. The first-order valence-corrected chi connectivity index (χ1v) is 6.93. The van der Waals surface area contributed by atoms with Crippen molar-refractivity contribution in [1.29, 1.82) is 0 Å². The van der Waals surface area contributed by atoms with Gasteiger partial charge in [0, 0.05) is 6.54 Å². The standard InChI is InChI=1S/C14H17ClN2O3/c1-9-5-6-10(15)11(8-9)16-14(20)17-7-3-2-4-12(17)13(18)19/h5-6,8,12H,2-4,7H2,1H3,(H,16,20)(H,18,19). The molecule has 0 bridgehead atoms. The fourth-order valence-electron chi connectivity index (χ4n) is 2.35. The average molecular weight is 297 g/mol. The number of carboxylic acid groups (broad SMARTS) is 1. The highest BCUT2D eigenvalue weighted by Crippen LogP contribution is 2.24. The van der Waals surface area contributed by atoms with Crippen LogP contribution in [0.3, 0.4) is 0 Å². The van der Waals surface area contributed by atoms with E-state index in [1.54, 1.807) is 12.1 Å². The van der Waals surface area contributed by atoms with Gasteiger partial charge in [-0.25, -0.2) is 9.59 Å².